The first-order valence-electron chi connectivity index (χ1n) is 9.87. The van der Waals surface area contributed by atoms with Crippen molar-refractivity contribution in [2.24, 2.45) is 13.0 Å². The second kappa shape index (κ2) is 7.39. The Hall–Kier alpha value is -3.09. The van der Waals surface area contributed by atoms with E-state index in [1.165, 1.54) is 11.3 Å². The number of hydrogen-bond acceptors (Lipinski definition) is 5. The number of ether oxygens (including phenoxy) is 1. The largest absolute Gasteiger partial charge is 0.473 e. The first-order chi connectivity index (χ1) is 13.8. The Bertz CT molecular complexity index is 1070. The molecule has 0 saturated carbocycles. The molecule has 1 aromatic carbocycles. The molecule has 7 heteroatoms. The molecule has 29 heavy (non-hydrogen) atoms. The number of fused-ring (bicyclic) bond motifs is 1. The monoisotopic (exact) mass is 393 g/mol. The zero-order valence-electron chi connectivity index (χ0n) is 17.6. The molecular formula is C22H27N5O2. The number of benzene rings is 1. The van der Waals surface area contributed by atoms with Gasteiger partial charge < -0.3 is 19.5 Å². The summed E-state index contributed by atoms with van der Waals surface area (Å²) in [5, 5.41) is 2.88. The standard InChI is InChI=1S/C22H27N5O2/c1-13-8-15(6-7-19(13)26(3)4)17-10-18-21(27(5)12-24-18)22(25-17)29-14(2)16-9-20(28)23-11-16/h6-8,10,12,14,16H,9,11H2,1-5H3,(H,23,28)/t14-,16-/m1/s1. The molecule has 0 radical (unpaired) electrons. The summed E-state index contributed by atoms with van der Waals surface area (Å²) < 4.78 is 8.20. The third-order valence-corrected chi connectivity index (χ3v) is 5.61. The van der Waals surface area contributed by atoms with Gasteiger partial charge in [-0.05, 0) is 37.6 Å². The number of carbonyl (C=O) groups is 1. The molecule has 3 aromatic rings. The van der Waals surface area contributed by atoms with Gasteiger partial charge in [-0.15, -0.1) is 0 Å². The molecule has 2 atom stereocenters. The van der Waals surface area contributed by atoms with E-state index in [-0.39, 0.29) is 17.9 Å². The third-order valence-electron chi connectivity index (χ3n) is 5.61. The summed E-state index contributed by atoms with van der Waals surface area (Å²) in [5.74, 6) is 0.769. The van der Waals surface area contributed by atoms with E-state index >= 15 is 0 Å². The number of imidazole rings is 1. The Kier molecular flexibility index (Phi) is 4.90. The summed E-state index contributed by atoms with van der Waals surface area (Å²) in [5.41, 5.74) is 5.91. The molecule has 0 bridgehead atoms. The van der Waals surface area contributed by atoms with E-state index < -0.39 is 0 Å². The lowest BCUT2D eigenvalue weighted by molar-refractivity contribution is -0.119. The molecule has 1 fully saturated rings. The van der Waals surface area contributed by atoms with Gasteiger partial charge in [0.1, 0.15) is 11.6 Å². The third kappa shape index (κ3) is 3.64. The van der Waals surface area contributed by atoms with Crippen LogP contribution in [0.5, 0.6) is 5.88 Å². The number of anilines is 1. The van der Waals surface area contributed by atoms with Crippen LogP contribution in [0.3, 0.4) is 0 Å². The van der Waals surface area contributed by atoms with Gasteiger partial charge in [-0.2, -0.15) is 0 Å². The zero-order chi connectivity index (χ0) is 20.7. The highest BCUT2D eigenvalue weighted by atomic mass is 16.5. The van der Waals surface area contributed by atoms with Crippen molar-refractivity contribution in [3.63, 3.8) is 0 Å². The average Bonchev–Trinajstić information content (AvgIpc) is 3.27. The van der Waals surface area contributed by atoms with Gasteiger partial charge in [0.2, 0.25) is 11.8 Å². The highest BCUT2D eigenvalue weighted by Crippen LogP contribution is 2.32. The van der Waals surface area contributed by atoms with Crippen LogP contribution in [0.4, 0.5) is 5.69 Å². The van der Waals surface area contributed by atoms with Crippen molar-refractivity contribution in [2.75, 3.05) is 25.5 Å². The lowest BCUT2D eigenvalue weighted by Gasteiger charge is -2.20. The van der Waals surface area contributed by atoms with Crippen LogP contribution in [0, 0.1) is 12.8 Å². The minimum absolute atomic E-state index is 0.0781. The molecule has 1 aliphatic heterocycles. The number of nitrogens with one attached hydrogen (secondary N) is 1. The van der Waals surface area contributed by atoms with Crippen molar-refractivity contribution in [1.29, 1.82) is 0 Å². The zero-order valence-corrected chi connectivity index (χ0v) is 17.6. The SMILES string of the molecule is Cc1cc(-c2cc3ncn(C)c3c(O[C@H](C)[C@H]3CNC(=O)C3)n2)ccc1N(C)C. The van der Waals surface area contributed by atoms with Crippen molar-refractivity contribution >= 4 is 22.6 Å². The Morgan fingerprint density at radius 1 is 1.31 bits per heavy atom. The minimum atomic E-state index is -0.132. The molecule has 1 amide bonds. The fraction of sp³-hybridized carbons (Fsp3) is 0.409. The molecule has 2 aromatic heterocycles. The minimum Gasteiger partial charge on any atom is -0.473 e. The molecule has 152 valence electrons. The van der Waals surface area contributed by atoms with Gasteiger partial charge in [-0.25, -0.2) is 9.97 Å². The number of hydrogen-bond donors (Lipinski definition) is 1. The van der Waals surface area contributed by atoms with Gasteiger partial charge in [0, 0.05) is 51.3 Å². The summed E-state index contributed by atoms with van der Waals surface area (Å²) in [6.45, 7) is 4.73. The fourth-order valence-electron chi connectivity index (χ4n) is 3.92. The molecular weight excluding hydrogens is 366 g/mol. The quantitative estimate of drug-likeness (QED) is 0.722. The second-order valence-corrected chi connectivity index (χ2v) is 8.02. The van der Waals surface area contributed by atoms with Crippen molar-refractivity contribution in [3.8, 4) is 17.1 Å². The van der Waals surface area contributed by atoms with E-state index in [2.05, 4.69) is 40.3 Å². The smallest absolute Gasteiger partial charge is 0.241 e. The number of carbonyl (C=O) groups excluding carboxylic acids is 1. The first-order valence-corrected chi connectivity index (χ1v) is 9.87. The first kappa shape index (κ1) is 19.2. The van der Waals surface area contributed by atoms with E-state index in [9.17, 15) is 4.79 Å². The average molecular weight is 393 g/mol. The molecule has 0 spiro atoms. The van der Waals surface area contributed by atoms with Crippen LogP contribution in [0.2, 0.25) is 0 Å². The van der Waals surface area contributed by atoms with E-state index in [4.69, 9.17) is 9.72 Å². The molecule has 0 aliphatic carbocycles. The molecule has 7 nitrogen and oxygen atoms in total. The fourth-order valence-corrected chi connectivity index (χ4v) is 3.92. The van der Waals surface area contributed by atoms with Gasteiger partial charge in [0.25, 0.3) is 0 Å². The Morgan fingerprint density at radius 3 is 2.76 bits per heavy atom. The van der Waals surface area contributed by atoms with Crippen molar-refractivity contribution in [2.45, 2.75) is 26.4 Å². The normalized spacial score (nSPS) is 17.4. The molecule has 1 N–H and O–H groups in total. The van der Waals surface area contributed by atoms with Gasteiger partial charge in [0.15, 0.2) is 0 Å². The van der Waals surface area contributed by atoms with Crippen LogP contribution in [0.1, 0.15) is 18.9 Å². The number of aryl methyl sites for hydroxylation is 2. The summed E-state index contributed by atoms with van der Waals surface area (Å²) in [4.78, 5) is 23.0. The van der Waals surface area contributed by atoms with Gasteiger partial charge >= 0.3 is 0 Å². The highest BCUT2D eigenvalue weighted by molar-refractivity contribution is 5.85. The highest BCUT2D eigenvalue weighted by Gasteiger charge is 2.29. The lowest BCUT2D eigenvalue weighted by atomic mass is 10.0. The van der Waals surface area contributed by atoms with Crippen molar-refractivity contribution in [1.82, 2.24) is 19.9 Å². The topological polar surface area (TPSA) is 72.3 Å². The van der Waals surface area contributed by atoms with Gasteiger partial charge in [-0.1, -0.05) is 6.07 Å². The molecule has 3 heterocycles. The summed E-state index contributed by atoms with van der Waals surface area (Å²) in [6.07, 6.45) is 2.13. The predicted molar refractivity (Wildman–Crippen MR) is 114 cm³/mol. The number of nitrogens with zero attached hydrogens (tertiary/aromatic N) is 4. The maximum Gasteiger partial charge on any atom is 0.241 e. The number of rotatable bonds is 5. The van der Waals surface area contributed by atoms with Gasteiger partial charge in [-0.3, -0.25) is 4.79 Å². The van der Waals surface area contributed by atoms with Crippen LogP contribution in [-0.2, 0) is 11.8 Å². The molecule has 4 rings (SSSR count). The lowest BCUT2D eigenvalue weighted by Crippen LogP contribution is -2.26. The van der Waals surface area contributed by atoms with Crippen LogP contribution in [0.25, 0.3) is 22.3 Å². The molecule has 1 aliphatic rings. The van der Waals surface area contributed by atoms with Crippen molar-refractivity contribution < 1.29 is 9.53 Å². The van der Waals surface area contributed by atoms with Crippen LogP contribution in [0.15, 0.2) is 30.6 Å². The van der Waals surface area contributed by atoms with E-state index in [0.717, 1.165) is 22.3 Å². The summed E-state index contributed by atoms with van der Waals surface area (Å²) >= 11 is 0. The molecule has 1 saturated heterocycles. The van der Waals surface area contributed by atoms with E-state index in [1.807, 2.05) is 38.7 Å². The van der Waals surface area contributed by atoms with E-state index in [1.54, 1.807) is 6.33 Å². The van der Waals surface area contributed by atoms with Crippen LogP contribution >= 0.6 is 0 Å². The second-order valence-electron chi connectivity index (χ2n) is 8.02. The maximum absolute atomic E-state index is 11.6. The number of amides is 1. The maximum atomic E-state index is 11.6. The van der Waals surface area contributed by atoms with Crippen molar-refractivity contribution in [3.05, 3.63) is 36.2 Å². The Morgan fingerprint density at radius 2 is 2.10 bits per heavy atom. The van der Waals surface area contributed by atoms with E-state index in [0.29, 0.717) is 18.8 Å². The molecule has 0 unspecified atom stereocenters. The van der Waals surface area contributed by atoms with Crippen LogP contribution in [-0.4, -0.2) is 47.2 Å². The van der Waals surface area contributed by atoms with Gasteiger partial charge in [0.05, 0.1) is 17.5 Å². The summed E-state index contributed by atoms with van der Waals surface area (Å²) in [6, 6.07) is 8.32. The van der Waals surface area contributed by atoms with Crippen LogP contribution < -0.4 is 15.0 Å². The number of pyridine rings is 1. The Labute approximate surface area is 170 Å². The Balaban J connectivity index is 1.73. The predicted octanol–water partition coefficient (Wildman–Crippen LogP) is 2.91. The summed E-state index contributed by atoms with van der Waals surface area (Å²) in [7, 11) is 6.01. The number of aromatic nitrogens is 3.